The first-order chi connectivity index (χ1) is 17.6. The Morgan fingerprint density at radius 1 is 0.973 bits per heavy atom. The summed E-state index contributed by atoms with van der Waals surface area (Å²) >= 11 is 0. The summed E-state index contributed by atoms with van der Waals surface area (Å²) in [5.74, 6) is 2.05. The smallest absolute Gasteiger partial charge is 0.416 e. The Bertz CT molecular complexity index is 780. The number of alkyl halides is 3. The third-order valence-corrected chi connectivity index (χ3v) is 5.89. The van der Waals surface area contributed by atoms with E-state index in [2.05, 4.69) is 39.2 Å². The molecule has 0 aliphatic rings. The fraction of sp³-hybridized carbons (Fsp3) is 0.516. The highest BCUT2D eigenvalue weighted by Crippen LogP contribution is 2.37. The highest BCUT2D eigenvalue weighted by Gasteiger charge is 2.31. The van der Waals surface area contributed by atoms with Gasteiger partial charge in [-0.25, -0.2) is 0 Å². The third-order valence-electron chi connectivity index (χ3n) is 5.89. The van der Waals surface area contributed by atoms with Gasteiger partial charge in [-0.05, 0) is 86.5 Å². The van der Waals surface area contributed by atoms with Gasteiger partial charge in [-0.15, -0.1) is 13.2 Å². The number of hydrogen-bond donors (Lipinski definition) is 1. The fourth-order valence-corrected chi connectivity index (χ4v) is 3.87. The van der Waals surface area contributed by atoms with Crippen molar-refractivity contribution in [2.45, 2.75) is 72.9 Å². The molecule has 6 heteroatoms. The van der Waals surface area contributed by atoms with Crippen molar-refractivity contribution in [1.82, 2.24) is 5.32 Å². The van der Waals surface area contributed by atoms with E-state index in [1.807, 2.05) is 64.9 Å². The van der Waals surface area contributed by atoms with E-state index in [0.717, 1.165) is 42.7 Å². The number of carbonyl (C=O) groups excluding carboxylic acids is 1. The molecule has 2 aromatic carbocycles. The van der Waals surface area contributed by atoms with Gasteiger partial charge >= 0.3 is 6.18 Å². The number of para-hydroxylation sites is 1. The molecule has 3 nitrogen and oxygen atoms in total. The van der Waals surface area contributed by atoms with E-state index in [9.17, 15) is 13.2 Å². The number of aryl methyl sites for hydroxylation is 1. The summed E-state index contributed by atoms with van der Waals surface area (Å²) in [6.45, 7) is 21.3. The molecule has 0 amide bonds. The van der Waals surface area contributed by atoms with Crippen molar-refractivity contribution in [3.05, 3.63) is 78.4 Å². The number of carbonyl (C=O) groups is 1. The number of halogens is 3. The number of ether oxygens (including phenoxy) is 1. The number of benzene rings is 2. The zero-order chi connectivity index (χ0) is 29.4. The number of methoxy groups -OCH3 is 1. The summed E-state index contributed by atoms with van der Waals surface area (Å²) in [5, 5.41) is 3.18. The van der Waals surface area contributed by atoms with Crippen molar-refractivity contribution in [3.8, 4) is 5.75 Å². The van der Waals surface area contributed by atoms with Crippen LogP contribution in [0.25, 0.3) is 0 Å². The molecule has 0 bridgehead atoms. The molecular formula is C31H50F3NO2. The standard InChI is InChI=1S/C19H30F3N.C7H8O.C2H6.C2H4.CH2O/c1-6-16(9-7-13(2)12-23-5)15(4)18-11-17(19(20,21)22)10-8-14(18)3;1-8-7-5-3-2-4-6-7;3*1-2/h8,10-11,13,15-16,23H,6-7,9,12H2,1-5H3;2-6H,1H3;1-2H3;1-2H2;1H2. The van der Waals surface area contributed by atoms with Crippen LogP contribution in [0.4, 0.5) is 13.2 Å². The molecule has 37 heavy (non-hydrogen) atoms. The molecule has 0 saturated heterocycles. The van der Waals surface area contributed by atoms with E-state index < -0.39 is 11.7 Å². The first-order valence-corrected chi connectivity index (χ1v) is 12.8. The fourth-order valence-electron chi connectivity index (χ4n) is 3.87. The third kappa shape index (κ3) is 16.7. The SMILES string of the molecule is C=C.C=O.CC.CCC(CCC(C)CNC)C(C)c1cc(C(F)(F)F)ccc1C.COc1ccccc1. The van der Waals surface area contributed by atoms with Crippen molar-refractivity contribution in [3.63, 3.8) is 0 Å². The lowest BCUT2D eigenvalue weighted by atomic mass is 9.79. The average Bonchev–Trinajstić information content (AvgIpc) is 2.93. The summed E-state index contributed by atoms with van der Waals surface area (Å²) in [4.78, 5) is 8.00. The van der Waals surface area contributed by atoms with Crippen LogP contribution in [0.15, 0.2) is 61.7 Å². The van der Waals surface area contributed by atoms with Gasteiger partial charge < -0.3 is 14.8 Å². The van der Waals surface area contributed by atoms with E-state index in [-0.39, 0.29) is 5.92 Å². The monoisotopic (exact) mass is 525 g/mol. The second-order valence-corrected chi connectivity index (χ2v) is 8.28. The van der Waals surface area contributed by atoms with Crippen molar-refractivity contribution in [1.29, 1.82) is 0 Å². The van der Waals surface area contributed by atoms with Crippen LogP contribution in [0.3, 0.4) is 0 Å². The number of rotatable bonds is 9. The molecule has 0 saturated carbocycles. The lowest BCUT2D eigenvalue weighted by Crippen LogP contribution is -2.18. The Morgan fingerprint density at radius 2 is 1.51 bits per heavy atom. The van der Waals surface area contributed by atoms with Crippen LogP contribution in [0.5, 0.6) is 5.75 Å². The van der Waals surface area contributed by atoms with E-state index in [4.69, 9.17) is 9.53 Å². The molecule has 0 spiro atoms. The summed E-state index contributed by atoms with van der Waals surface area (Å²) < 4.78 is 43.8. The van der Waals surface area contributed by atoms with Gasteiger partial charge in [0.15, 0.2) is 0 Å². The van der Waals surface area contributed by atoms with Gasteiger partial charge in [0.05, 0.1) is 12.7 Å². The molecule has 0 aromatic heterocycles. The second kappa shape index (κ2) is 23.8. The van der Waals surface area contributed by atoms with Crippen LogP contribution in [0.1, 0.15) is 76.5 Å². The van der Waals surface area contributed by atoms with Crippen LogP contribution in [-0.4, -0.2) is 27.5 Å². The highest BCUT2D eigenvalue weighted by molar-refractivity contribution is 5.35. The van der Waals surface area contributed by atoms with Crippen molar-refractivity contribution in [2.75, 3.05) is 20.7 Å². The molecule has 3 unspecified atom stereocenters. The van der Waals surface area contributed by atoms with Crippen molar-refractivity contribution >= 4 is 6.79 Å². The molecule has 1 N–H and O–H groups in total. The molecule has 2 rings (SSSR count). The first kappa shape index (κ1) is 38.9. The van der Waals surface area contributed by atoms with Crippen molar-refractivity contribution < 1.29 is 22.7 Å². The molecule has 0 radical (unpaired) electrons. The minimum absolute atomic E-state index is 0.143. The minimum Gasteiger partial charge on any atom is -0.497 e. The van der Waals surface area contributed by atoms with Gasteiger partial charge in [0.2, 0.25) is 0 Å². The molecule has 0 aliphatic heterocycles. The highest BCUT2D eigenvalue weighted by atomic mass is 19.4. The Hall–Kier alpha value is -2.60. The molecule has 3 atom stereocenters. The maximum Gasteiger partial charge on any atom is 0.416 e. The van der Waals surface area contributed by atoms with E-state index in [1.54, 1.807) is 13.2 Å². The minimum atomic E-state index is -4.27. The molecule has 0 aliphatic carbocycles. The van der Waals surface area contributed by atoms with Gasteiger partial charge in [0.25, 0.3) is 0 Å². The second-order valence-electron chi connectivity index (χ2n) is 8.28. The van der Waals surface area contributed by atoms with E-state index in [0.29, 0.717) is 11.8 Å². The maximum atomic E-state index is 13.0. The number of hydrogen-bond acceptors (Lipinski definition) is 3. The predicted molar refractivity (Wildman–Crippen MR) is 153 cm³/mol. The van der Waals surface area contributed by atoms with Gasteiger partial charge in [-0.2, -0.15) is 13.2 Å². The summed E-state index contributed by atoms with van der Waals surface area (Å²) in [6, 6.07) is 13.8. The van der Waals surface area contributed by atoms with Gasteiger partial charge in [-0.3, -0.25) is 0 Å². The first-order valence-electron chi connectivity index (χ1n) is 12.8. The zero-order valence-electron chi connectivity index (χ0n) is 24.3. The lowest BCUT2D eigenvalue weighted by molar-refractivity contribution is -0.137. The molecule has 0 heterocycles. The van der Waals surface area contributed by atoms with Crippen LogP contribution in [-0.2, 0) is 11.0 Å². The van der Waals surface area contributed by atoms with Crippen molar-refractivity contribution in [2.24, 2.45) is 11.8 Å². The lowest BCUT2D eigenvalue weighted by Gasteiger charge is -2.26. The normalized spacial score (nSPS) is 12.3. The summed E-state index contributed by atoms with van der Waals surface area (Å²) in [7, 11) is 3.61. The Kier molecular flexibility index (Phi) is 25.0. The maximum absolute atomic E-state index is 13.0. The number of nitrogens with one attached hydrogen (secondary N) is 1. The zero-order valence-corrected chi connectivity index (χ0v) is 24.3. The van der Waals surface area contributed by atoms with Crippen LogP contribution in [0.2, 0.25) is 0 Å². The van der Waals surface area contributed by atoms with Gasteiger partial charge in [0, 0.05) is 0 Å². The average molecular weight is 526 g/mol. The topological polar surface area (TPSA) is 38.3 Å². The van der Waals surface area contributed by atoms with Crippen LogP contribution in [0, 0.1) is 18.8 Å². The molecule has 2 aromatic rings. The molecule has 0 fully saturated rings. The Balaban J connectivity index is -0.000000682. The van der Waals surface area contributed by atoms with E-state index >= 15 is 0 Å². The van der Waals surface area contributed by atoms with Gasteiger partial charge in [-0.1, -0.05) is 65.3 Å². The predicted octanol–water partition coefficient (Wildman–Crippen LogP) is 9.12. The largest absolute Gasteiger partial charge is 0.497 e. The molecular weight excluding hydrogens is 475 g/mol. The Morgan fingerprint density at radius 3 is 1.92 bits per heavy atom. The van der Waals surface area contributed by atoms with Gasteiger partial charge in [0.1, 0.15) is 12.5 Å². The van der Waals surface area contributed by atoms with E-state index in [1.165, 1.54) is 12.1 Å². The van der Waals surface area contributed by atoms with Crippen LogP contribution < -0.4 is 10.1 Å². The Labute approximate surface area is 224 Å². The summed E-state index contributed by atoms with van der Waals surface area (Å²) in [5.41, 5.74) is 1.25. The quantitative estimate of drug-likeness (QED) is 0.332. The summed E-state index contributed by atoms with van der Waals surface area (Å²) in [6.07, 6.45) is -1.13. The van der Waals surface area contributed by atoms with Crippen LogP contribution >= 0.6 is 0 Å². The molecule has 212 valence electrons.